The molecule has 92 valence electrons. The van der Waals surface area contributed by atoms with Gasteiger partial charge in [0.15, 0.2) is 0 Å². The van der Waals surface area contributed by atoms with E-state index in [1.54, 1.807) is 0 Å². The molecule has 1 saturated heterocycles. The maximum absolute atomic E-state index is 5.46. The first-order valence-electron chi connectivity index (χ1n) is 6.29. The first kappa shape index (κ1) is 12.3. The molecule has 0 bridgehead atoms. The fraction of sp³-hybridized carbons (Fsp3) is 0.467. The summed E-state index contributed by atoms with van der Waals surface area (Å²) in [5, 5.41) is 3.48. The van der Waals surface area contributed by atoms with Gasteiger partial charge in [0.1, 0.15) is 0 Å². The van der Waals surface area contributed by atoms with Gasteiger partial charge >= 0.3 is 0 Å². The lowest BCUT2D eigenvalue weighted by Crippen LogP contribution is -2.41. The van der Waals surface area contributed by atoms with E-state index in [-0.39, 0.29) is 0 Å². The standard InChI is InChI=1S/C15H21NO/c1-12-3-5-14(6-4-12)9-13(2)10-15-11-17-8-7-16-15/h3-6,9,15-16H,7-8,10-11H2,1-2H3/b13-9-. The number of morpholine rings is 1. The molecule has 1 aliphatic heterocycles. The number of benzene rings is 1. The number of aryl methyl sites for hydroxylation is 1. The summed E-state index contributed by atoms with van der Waals surface area (Å²) in [5.41, 5.74) is 3.99. The van der Waals surface area contributed by atoms with Crippen LogP contribution in [0.1, 0.15) is 24.5 Å². The van der Waals surface area contributed by atoms with Crippen LogP contribution in [0.4, 0.5) is 0 Å². The largest absolute Gasteiger partial charge is 0.379 e. The summed E-state index contributed by atoms with van der Waals surface area (Å²) in [6.07, 6.45) is 3.32. The van der Waals surface area contributed by atoms with Crippen molar-refractivity contribution < 1.29 is 4.74 Å². The van der Waals surface area contributed by atoms with E-state index in [4.69, 9.17) is 4.74 Å². The Morgan fingerprint density at radius 2 is 2.18 bits per heavy atom. The van der Waals surface area contributed by atoms with Crippen LogP contribution in [-0.2, 0) is 4.74 Å². The monoisotopic (exact) mass is 231 g/mol. The Bertz CT molecular complexity index is 374. The summed E-state index contributed by atoms with van der Waals surface area (Å²) in [6, 6.07) is 9.13. The molecular formula is C15H21NO. The SMILES string of the molecule is C/C(=C/c1ccc(C)cc1)CC1COCCN1. The molecule has 1 unspecified atom stereocenters. The van der Waals surface area contributed by atoms with Crippen LogP contribution >= 0.6 is 0 Å². The lowest BCUT2D eigenvalue weighted by atomic mass is 10.0. The van der Waals surface area contributed by atoms with Crippen molar-refractivity contribution in [3.63, 3.8) is 0 Å². The summed E-state index contributed by atoms with van der Waals surface area (Å²) < 4.78 is 5.46. The van der Waals surface area contributed by atoms with Crippen molar-refractivity contribution in [2.75, 3.05) is 19.8 Å². The fourth-order valence-corrected chi connectivity index (χ4v) is 2.15. The van der Waals surface area contributed by atoms with Crippen molar-refractivity contribution in [1.82, 2.24) is 5.32 Å². The second-order valence-corrected chi connectivity index (χ2v) is 4.83. The summed E-state index contributed by atoms with van der Waals surface area (Å²) in [5.74, 6) is 0. The van der Waals surface area contributed by atoms with E-state index in [1.807, 2.05) is 0 Å². The van der Waals surface area contributed by atoms with Crippen molar-refractivity contribution in [1.29, 1.82) is 0 Å². The Morgan fingerprint density at radius 1 is 1.41 bits per heavy atom. The molecule has 2 heteroatoms. The minimum Gasteiger partial charge on any atom is -0.379 e. The third-order valence-corrected chi connectivity index (χ3v) is 3.06. The average molecular weight is 231 g/mol. The van der Waals surface area contributed by atoms with E-state index in [0.717, 1.165) is 26.2 Å². The molecular weight excluding hydrogens is 210 g/mol. The van der Waals surface area contributed by atoms with Gasteiger partial charge in [-0.25, -0.2) is 0 Å². The average Bonchev–Trinajstić information content (AvgIpc) is 2.33. The Labute approximate surface area is 104 Å². The van der Waals surface area contributed by atoms with Gasteiger partial charge in [-0.05, 0) is 25.8 Å². The van der Waals surface area contributed by atoms with Crippen LogP contribution < -0.4 is 5.32 Å². The highest BCUT2D eigenvalue weighted by Crippen LogP contribution is 2.13. The van der Waals surface area contributed by atoms with E-state index in [9.17, 15) is 0 Å². The Kier molecular flexibility index (Phi) is 4.35. The van der Waals surface area contributed by atoms with Crippen LogP contribution in [0.25, 0.3) is 6.08 Å². The van der Waals surface area contributed by atoms with Crippen LogP contribution in [0, 0.1) is 6.92 Å². The molecule has 1 N–H and O–H groups in total. The molecule has 0 aromatic heterocycles. The van der Waals surface area contributed by atoms with Gasteiger partial charge in [0.2, 0.25) is 0 Å². The van der Waals surface area contributed by atoms with E-state index in [0.29, 0.717) is 6.04 Å². The summed E-state index contributed by atoms with van der Waals surface area (Å²) in [7, 11) is 0. The molecule has 0 saturated carbocycles. The van der Waals surface area contributed by atoms with Gasteiger partial charge in [-0.1, -0.05) is 41.5 Å². The lowest BCUT2D eigenvalue weighted by molar-refractivity contribution is 0.0771. The normalized spacial score (nSPS) is 21.5. The smallest absolute Gasteiger partial charge is 0.0623 e. The van der Waals surface area contributed by atoms with Crippen molar-refractivity contribution in [2.45, 2.75) is 26.3 Å². The molecule has 0 amide bonds. The van der Waals surface area contributed by atoms with Crippen LogP contribution in [0.5, 0.6) is 0 Å². The fourth-order valence-electron chi connectivity index (χ4n) is 2.15. The molecule has 1 aliphatic rings. The third kappa shape index (κ3) is 3.99. The number of ether oxygens (including phenoxy) is 1. The molecule has 1 aromatic rings. The van der Waals surface area contributed by atoms with Gasteiger partial charge in [0.05, 0.1) is 13.2 Å². The van der Waals surface area contributed by atoms with Gasteiger partial charge < -0.3 is 10.1 Å². The van der Waals surface area contributed by atoms with Gasteiger partial charge in [-0.2, -0.15) is 0 Å². The van der Waals surface area contributed by atoms with Gasteiger partial charge in [0, 0.05) is 12.6 Å². The maximum Gasteiger partial charge on any atom is 0.0623 e. The number of hydrogen-bond acceptors (Lipinski definition) is 2. The van der Waals surface area contributed by atoms with Crippen LogP contribution in [0.2, 0.25) is 0 Å². The predicted octanol–water partition coefficient (Wildman–Crippen LogP) is 2.78. The van der Waals surface area contributed by atoms with Gasteiger partial charge in [0.25, 0.3) is 0 Å². The van der Waals surface area contributed by atoms with Crippen LogP contribution in [-0.4, -0.2) is 25.8 Å². The Balaban J connectivity index is 1.93. The zero-order valence-electron chi connectivity index (χ0n) is 10.7. The number of nitrogens with one attached hydrogen (secondary N) is 1. The molecule has 2 nitrogen and oxygen atoms in total. The number of hydrogen-bond donors (Lipinski definition) is 1. The highest BCUT2D eigenvalue weighted by Gasteiger charge is 2.12. The topological polar surface area (TPSA) is 21.3 Å². The van der Waals surface area contributed by atoms with Gasteiger partial charge in [-0.15, -0.1) is 0 Å². The van der Waals surface area contributed by atoms with Crippen LogP contribution in [0.3, 0.4) is 0 Å². The van der Waals surface area contributed by atoms with Crippen molar-refractivity contribution in [3.05, 3.63) is 41.0 Å². The first-order chi connectivity index (χ1) is 8.24. The first-order valence-corrected chi connectivity index (χ1v) is 6.29. The molecule has 1 atom stereocenters. The Hall–Kier alpha value is -1.12. The van der Waals surface area contributed by atoms with E-state index >= 15 is 0 Å². The minimum absolute atomic E-state index is 0.477. The Morgan fingerprint density at radius 3 is 2.82 bits per heavy atom. The predicted molar refractivity (Wildman–Crippen MR) is 72.1 cm³/mol. The molecule has 0 spiro atoms. The zero-order chi connectivity index (χ0) is 12.1. The third-order valence-electron chi connectivity index (χ3n) is 3.06. The summed E-state index contributed by atoms with van der Waals surface area (Å²) >= 11 is 0. The quantitative estimate of drug-likeness (QED) is 0.863. The lowest BCUT2D eigenvalue weighted by Gasteiger charge is -2.24. The molecule has 1 fully saturated rings. The van der Waals surface area contributed by atoms with Gasteiger partial charge in [-0.3, -0.25) is 0 Å². The molecule has 0 radical (unpaired) electrons. The molecule has 2 rings (SSSR count). The second kappa shape index (κ2) is 5.99. The summed E-state index contributed by atoms with van der Waals surface area (Å²) in [6.45, 7) is 6.96. The summed E-state index contributed by atoms with van der Waals surface area (Å²) in [4.78, 5) is 0. The zero-order valence-corrected chi connectivity index (χ0v) is 10.7. The van der Waals surface area contributed by atoms with Crippen molar-refractivity contribution in [2.24, 2.45) is 0 Å². The van der Waals surface area contributed by atoms with E-state index < -0.39 is 0 Å². The number of rotatable bonds is 3. The molecule has 1 aromatic carbocycles. The van der Waals surface area contributed by atoms with E-state index in [1.165, 1.54) is 16.7 Å². The molecule has 1 heterocycles. The van der Waals surface area contributed by atoms with E-state index in [2.05, 4.69) is 49.5 Å². The van der Waals surface area contributed by atoms with Crippen LogP contribution in [0.15, 0.2) is 29.8 Å². The molecule has 0 aliphatic carbocycles. The van der Waals surface area contributed by atoms with Crippen molar-refractivity contribution in [3.8, 4) is 0 Å². The second-order valence-electron chi connectivity index (χ2n) is 4.83. The highest BCUT2D eigenvalue weighted by molar-refractivity contribution is 5.52. The van der Waals surface area contributed by atoms with Crippen molar-refractivity contribution >= 4 is 6.08 Å². The molecule has 17 heavy (non-hydrogen) atoms. The maximum atomic E-state index is 5.46. The minimum atomic E-state index is 0.477. The highest BCUT2D eigenvalue weighted by atomic mass is 16.5.